The molecule has 1 aliphatic carbocycles. The Morgan fingerprint density at radius 1 is 1.29 bits per heavy atom. The van der Waals surface area contributed by atoms with Crippen molar-refractivity contribution in [3.8, 4) is 0 Å². The molecule has 0 unspecified atom stereocenters. The first-order valence-electron chi connectivity index (χ1n) is 6.99. The highest BCUT2D eigenvalue weighted by atomic mass is 35.5. The van der Waals surface area contributed by atoms with E-state index in [-0.39, 0.29) is 22.7 Å². The van der Waals surface area contributed by atoms with Crippen molar-refractivity contribution >= 4 is 34.6 Å². The second kappa shape index (κ2) is 6.76. The smallest absolute Gasteiger partial charge is 0.293 e. The van der Waals surface area contributed by atoms with Crippen LogP contribution in [0.4, 0.5) is 17.1 Å². The quantitative estimate of drug-likeness (QED) is 0.651. The second-order valence-corrected chi connectivity index (χ2v) is 5.67. The maximum Gasteiger partial charge on any atom is 0.293 e. The number of carbonyl (C=O) groups is 1. The van der Waals surface area contributed by atoms with Crippen LogP contribution in [0, 0.1) is 10.1 Å². The molecule has 0 aliphatic heterocycles. The van der Waals surface area contributed by atoms with Crippen molar-refractivity contribution < 1.29 is 9.72 Å². The van der Waals surface area contributed by atoms with E-state index in [0.717, 1.165) is 25.7 Å². The lowest BCUT2D eigenvalue weighted by Gasteiger charge is -2.24. The largest absolute Gasteiger partial charge is 0.377 e. The van der Waals surface area contributed by atoms with Crippen molar-refractivity contribution in [3.05, 3.63) is 27.3 Å². The Bertz CT molecular complexity index is 557. The van der Waals surface area contributed by atoms with Gasteiger partial charge in [0.15, 0.2) is 0 Å². The number of nitro benzene ring substituents is 1. The highest BCUT2D eigenvalue weighted by molar-refractivity contribution is 6.34. The Morgan fingerprint density at radius 3 is 2.52 bits per heavy atom. The molecule has 1 aliphatic rings. The van der Waals surface area contributed by atoms with Crippen LogP contribution in [-0.2, 0) is 4.79 Å². The van der Waals surface area contributed by atoms with Crippen molar-refractivity contribution in [1.29, 1.82) is 0 Å². The summed E-state index contributed by atoms with van der Waals surface area (Å²) >= 11 is 5.99. The number of benzene rings is 1. The lowest BCUT2D eigenvalue weighted by Crippen LogP contribution is -2.23. The van der Waals surface area contributed by atoms with Crippen molar-refractivity contribution in [1.82, 2.24) is 0 Å². The van der Waals surface area contributed by atoms with E-state index < -0.39 is 4.92 Å². The first kappa shape index (κ1) is 15.6. The number of amides is 1. The van der Waals surface area contributed by atoms with Crippen LogP contribution in [0.25, 0.3) is 0 Å². The van der Waals surface area contributed by atoms with Gasteiger partial charge in [-0.15, -0.1) is 0 Å². The lowest BCUT2D eigenvalue weighted by atomic mass is 9.95. The van der Waals surface area contributed by atoms with Gasteiger partial charge in [-0.05, 0) is 18.9 Å². The van der Waals surface area contributed by atoms with Crippen molar-refractivity contribution in [3.63, 3.8) is 0 Å². The van der Waals surface area contributed by atoms with Crippen LogP contribution in [0.5, 0.6) is 0 Å². The zero-order valence-corrected chi connectivity index (χ0v) is 12.6. The van der Waals surface area contributed by atoms with E-state index in [0.29, 0.717) is 11.4 Å². The number of nitrogens with zero attached hydrogens (tertiary/aromatic N) is 1. The molecule has 0 heterocycles. The van der Waals surface area contributed by atoms with Gasteiger partial charge in [0.25, 0.3) is 5.69 Å². The molecule has 7 heteroatoms. The Morgan fingerprint density at radius 2 is 1.95 bits per heavy atom. The fraction of sp³-hybridized carbons (Fsp3) is 0.500. The van der Waals surface area contributed by atoms with Gasteiger partial charge in [-0.3, -0.25) is 14.9 Å². The third-order valence-corrected chi connectivity index (χ3v) is 3.87. The van der Waals surface area contributed by atoms with Gasteiger partial charge in [0, 0.05) is 19.0 Å². The fourth-order valence-electron chi connectivity index (χ4n) is 2.58. The van der Waals surface area contributed by atoms with E-state index in [4.69, 9.17) is 11.6 Å². The van der Waals surface area contributed by atoms with Crippen LogP contribution in [0.3, 0.4) is 0 Å². The molecular formula is C14H18ClN3O3. The Balaban J connectivity index is 2.30. The van der Waals surface area contributed by atoms with Crippen LogP contribution in [0.1, 0.15) is 39.0 Å². The predicted octanol–water partition coefficient (Wildman–Crippen LogP) is 3.95. The highest BCUT2D eigenvalue weighted by Gasteiger charge is 2.21. The van der Waals surface area contributed by atoms with Gasteiger partial charge in [-0.1, -0.05) is 30.9 Å². The van der Waals surface area contributed by atoms with Gasteiger partial charge in [0.2, 0.25) is 5.91 Å². The van der Waals surface area contributed by atoms with Crippen molar-refractivity contribution in [2.24, 2.45) is 0 Å². The average molecular weight is 312 g/mol. The number of hydrogen-bond acceptors (Lipinski definition) is 4. The summed E-state index contributed by atoms with van der Waals surface area (Å²) in [6, 6.07) is 3.04. The molecule has 2 rings (SSSR count). The molecule has 1 aromatic rings. The summed E-state index contributed by atoms with van der Waals surface area (Å²) in [5.74, 6) is -0.269. The number of nitro groups is 1. The number of carbonyl (C=O) groups excluding carboxylic acids is 1. The summed E-state index contributed by atoms with van der Waals surface area (Å²) in [7, 11) is 0. The summed E-state index contributed by atoms with van der Waals surface area (Å²) in [6.45, 7) is 1.37. The minimum absolute atomic E-state index is 0.0697. The van der Waals surface area contributed by atoms with Crippen LogP contribution in [-0.4, -0.2) is 16.9 Å². The molecule has 1 aromatic carbocycles. The molecule has 0 spiro atoms. The molecule has 1 amide bonds. The van der Waals surface area contributed by atoms with E-state index >= 15 is 0 Å². The standard InChI is InChI=1S/C14H18ClN3O3/c1-9(19)16-12-8-13(14(18(20)21)7-11(12)15)17-10-5-3-2-4-6-10/h7-8,10,17H,2-6H2,1H3,(H,16,19). The number of nitrogens with one attached hydrogen (secondary N) is 2. The topological polar surface area (TPSA) is 84.3 Å². The number of hydrogen-bond donors (Lipinski definition) is 2. The zero-order chi connectivity index (χ0) is 15.4. The zero-order valence-electron chi connectivity index (χ0n) is 11.8. The van der Waals surface area contributed by atoms with Gasteiger partial charge >= 0.3 is 0 Å². The molecule has 6 nitrogen and oxygen atoms in total. The molecule has 0 radical (unpaired) electrons. The maximum atomic E-state index is 11.2. The van der Waals surface area contributed by atoms with Gasteiger partial charge in [0.1, 0.15) is 5.69 Å². The third kappa shape index (κ3) is 4.07. The van der Waals surface area contributed by atoms with E-state index in [1.807, 2.05) is 0 Å². The molecule has 0 bridgehead atoms. The SMILES string of the molecule is CC(=O)Nc1cc(NC2CCCCC2)c([N+](=O)[O-])cc1Cl. The monoisotopic (exact) mass is 311 g/mol. The molecule has 0 saturated heterocycles. The van der Waals surface area contributed by atoms with Crippen molar-refractivity contribution in [2.45, 2.75) is 45.1 Å². The van der Waals surface area contributed by atoms with E-state index in [1.54, 1.807) is 0 Å². The first-order chi connectivity index (χ1) is 9.97. The molecule has 21 heavy (non-hydrogen) atoms. The van der Waals surface area contributed by atoms with Crippen LogP contribution >= 0.6 is 11.6 Å². The molecule has 0 aromatic heterocycles. The average Bonchev–Trinajstić information content (AvgIpc) is 2.42. The molecule has 2 N–H and O–H groups in total. The van der Waals surface area contributed by atoms with E-state index in [2.05, 4.69) is 10.6 Å². The Labute approximate surface area is 128 Å². The van der Waals surface area contributed by atoms with Crippen molar-refractivity contribution in [2.75, 3.05) is 10.6 Å². The molecular weight excluding hydrogens is 294 g/mol. The lowest BCUT2D eigenvalue weighted by molar-refractivity contribution is -0.384. The molecule has 0 atom stereocenters. The summed E-state index contributed by atoms with van der Waals surface area (Å²) in [6.07, 6.45) is 5.44. The van der Waals surface area contributed by atoms with E-state index in [9.17, 15) is 14.9 Å². The molecule has 1 fully saturated rings. The summed E-state index contributed by atoms with van der Waals surface area (Å²) in [5, 5.41) is 17.1. The number of anilines is 2. The van der Waals surface area contributed by atoms with Gasteiger partial charge in [-0.2, -0.15) is 0 Å². The second-order valence-electron chi connectivity index (χ2n) is 5.27. The van der Waals surface area contributed by atoms with E-state index in [1.165, 1.54) is 25.5 Å². The minimum Gasteiger partial charge on any atom is -0.377 e. The van der Waals surface area contributed by atoms with Crippen LogP contribution < -0.4 is 10.6 Å². The number of rotatable bonds is 4. The van der Waals surface area contributed by atoms with Crippen LogP contribution in [0.2, 0.25) is 5.02 Å². The predicted molar refractivity (Wildman–Crippen MR) is 82.9 cm³/mol. The summed E-state index contributed by atoms with van der Waals surface area (Å²) < 4.78 is 0. The third-order valence-electron chi connectivity index (χ3n) is 3.56. The first-order valence-corrected chi connectivity index (χ1v) is 7.37. The number of halogens is 1. The Hall–Kier alpha value is -1.82. The molecule has 1 saturated carbocycles. The van der Waals surface area contributed by atoms with Gasteiger partial charge in [0.05, 0.1) is 15.6 Å². The Kier molecular flexibility index (Phi) is 5.01. The minimum atomic E-state index is -0.464. The highest BCUT2D eigenvalue weighted by Crippen LogP contribution is 2.36. The summed E-state index contributed by atoms with van der Waals surface area (Å²) in [4.78, 5) is 21.9. The fourth-order valence-corrected chi connectivity index (χ4v) is 2.79. The maximum absolute atomic E-state index is 11.2. The summed E-state index contributed by atoms with van der Waals surface area (Å²) in [5.41, 5.74) is 0.716. The normalized spacial score (nSPS) is 15.5. The van der Waals surface area contributed by atoms with Gasteiger partial charge < -0.3 is 10.6 Å². The van der Waals surface area contributed by atoms with Crippen LogP contribution in [0.15, 0.2) is 12.1 Å². The van der Waals surface area contributed by atoms with Gasteiger partial charge in [-0.25, -0.2) is 0 Å². The molecule has 114 valence electrons.